The number of amides is 1. The molecule has 0 spiro atoms. The van der Waals surface area contributed by atoms with E-state index in [0.29, 0.717) is 30.0 Å². The topological polar surface area (TPSA) is 67.7 Å². The van der Waals surface area contributed by atoms with Crippen molar-refractivity contribution in [2.75, 3.05) is 31.1 Å². The van der Waals surface area contributed by atoms with E-state index in [1.54, 1.807) is 29.7 Å². The zero-order chi connectivity index (χ0) is 21.1. The Hall–Kier alpha value is -2.90. The first-order chi connectivity index (χ1) is 14.5. The molecule has 0 aliphatic carbocycles. The van der Waals surface area contributed by atoms with Gasteiger partial charge in [0.2, 0.25) is 11.8 Å². The summed E-state index contributed by atoms with van der Waals surface area (Å²) in [5.74, 6) is 0.628. The van der Waals surface area contributed by atoms with Crippen LogP contribution in [0.1, 0.15) is 36.8 Å². The van der Waals surface area contributed by atoms with Crippen molar-refractivity contribution in [1.29, 1.82) is 0 Å². The summed E-state index contributed by atoms with van der Waals surface area (Å²) in [5.41, 5.74) is 0.834. The van der Waals surface area contributed by atoms with Crippen LogP contribution >= 0.6 is 0 Å². The minimum absolute atomic E-state index is 0.0880. The number of likely N-dealkylation sites (tertiary alicyclic amines) is 1. The highest BCUT2D eigenvalue weighted by Gasteiger charge is 2.25. The number of aryl methyl sites for hydroxylation is 1. The van der Waals surface area contributed by atoms with Crippen LogP contribution in [-0.2, 0) is 17.9 Å². The largest absolute Gasteiger partial charge is 0.473 e. The Morgan fingerprint density at radius 1 is 1.10 bits per heavy atom. The van der Waals surface area contributed by atoms with Gasteiger partial charge < -0.3 is 14.5 Å². The normalized spacial score (nSPS) is 16.3. The van der Waals surface area contributed by atoms with Crippen LogP contribution in [0, 0.1) is 12.7 Å². The lowest BCUT2D eigenvalue weighted by atomic mass is 10.1. The Balaban J connectivity index is 1.50. The Morgan fingerprint density at radius 3 is 2.67 bits per heavy atom. The quantitative estimate of drug-likeness (QED) is 0.752. The molecule has 1 fully saturated rings. The number of hydrogen-bond donors (Lipinski definition) is 0. The molecule has 1 saturated heterocycles. The van der Waals surface area contributed by atoms with Gasteiger partial charge in [0.1, 0.15) is 18.2 Å². The number of fused-ring (bicyclic) bond motifs is 1. The monoisotopic (exact) mass is 414 g/mol. The number of aromatic nitrogens is 2. The summed E-state index contributed by atoms with van der Waals surface area (Å²) in [4.78, 5) is 33.1. The van der Waals surface area contributed by atoms with Crippen LogP contribution < -0.4 is 15.3 Å². The molecule has 0 saturated carbocycles. The molecular formula is C22H27FN4O3. The van der Waals surface area contributed by atoms with Gasteiger partial charge in [-0.3, -0.25) is 9.36 Å². The SMILES string of the molecule is Cc1ccc(COc2cc3n(c(=O)n2)CCCN3CC(=O)N2CCCCC2)cc1F. The zero-order valence-electron chi connectivity index (χ0n) is 17.3. The summed E-state index contributed by atoms with van der Waals surface area (Å²) in [7, 11) is 0. The fourth-order valence-corrected chi connectivity index (χ4v) is 4.00. The first-order valence-corrected chi connectivity index (χ1v) is 10.5. The number of carbonyl (C=O) groups is 1. The maximum absolute atomic E-state index is 13.8. The van der Waals surface area contributed by atoms with Gasteiger partial charge >= 0.3 is 5.69 Å². The van der Waals surface area contributed by atoms with E-state index in [1.807, 2.05) is 9.80 Å². The highest BCUT2D eigenvalue weighted by Crippen LogP contribution is 2.23. The second kappa shape index (κ2) is 8.85. The number of rotatable bonds is 5. The van der Waals surface area contributed by atoms with E-state index in [-0.39, 0.29) is 30.8 Å². The number of anilines is 1. The molecule has 2 aliphatic heterocycles. The lowest BCUT2D eigenvalue weighted by Gasteiger charge is -2.34. The summed E-state index contributed by atoms with van der Waals surface area (Å²) >= 11 is 0. The molecule has 2 aromatic rings. The second-order valence-corrected chi connectivity index (χ2v) is 7.98. The fraction of sp³-hybridized carbons (Fsp3) is 0.500. The molecule has 0 N–H and O–H groups in total. The predicted octanol–water partition coefficient (Wildman–Crippen LogP) is 2.49. The summed E-state index contributed by atoms with van der Waals surface area (Å²) in [5, 5.41) is 0. The van der Waals surface area contributed by atoms with Crippen molar-refractivity contribution in [1.82, 2.24) is 14.5 Å². The fourth-order valence-electron chi connectivity index (χ4n) is 4.00. The molecule has 30 heavy (non-hydrogen) atoms. The third-order valence-electron chi connectivity index (χ3n) is 5.76. The Morgan fingerprint density at radius 2 is 1.90 bits per heavy atom. The van der Waals surface area contributed by atoms with Crippen molar-refractivity contribution in [2.45, 2.75) is 45.8 Å². The average Bonchev–Trinajstić information content (AvgIpc) is 2.76. The van der Waals surface area contributed by atoms with Gasteiger partial charge in [0.05, 0.1) is 6.54 Å². The van der Waals surface area contributed by atoms with E-state index in [1.165, 1.54) is 12.5 Å². The summed E-state index contributed by atoms with van der Waals surface area (Å²) in [6.07, 6.45) is 4.04. The molecule has 0 bridgehead atoms. The maximum atomic E-state index is 13.8. The molecule has 0 atom stereocenters. The van der Waals surface area contributed by atoms with Crippen LogP contribution in [0.3, 0.4) is 0 Å². The molecule has 1 aromatic carbocycles. The van der Waals surface area contributed by atoms with Gasteiger partial charge in [-0.15, -0.1) is 0 Å². The lowest BCUT2D eigenvalue weighted by Crippen LogP contribution is -2.46. The number of piperidine rings is 1. The standard InChI is InChI=1S/C22H27FN4O3/c1-16-6-7-17(12-18(16)23)15-30-19-13-20-26(10-5-11-27(20)22(29)24-19)14-21(28)25-8-3-2-4-9-25/h6-7,12-13H,2-5,8-11,14-15H2,1H3. The number of benzene rings is 1. The second-order valence-electron chi connectivity index (χ2n) is 7.98. The minimum Gasteiger partial charge on any atom is -0.473 e. The number of hydrogen-bond acceptors (Lipinski definition) is 5. The van der Waals surface area contributed by atoms with Crippen molar-refractivity contribution >= 4 is 11.7 Å². The van der Waals surface area contributed by atoms with Gasteiger partial charge in [0.25, 0.3) is 0 Å². The smallest absolute Gasteiger partial charge is 0.352 e. The van der Waals surface area contributed by atoms with Gasteiger partial charge in [-0.25, -0.2) is 9.18 Å². The third kappa shape index (κ3) is 4.47. The van der Waals surface area contributed by atoms with E-state index in [4.69, 9.17) is 4.74 Å². The summed E-state index contributed by atoms with van der Waals surface area (Å²) < 4.78 is 21.0. The molecule has 4 rings (SSSR count). The lowest BCUT2D eigenvalue weighted by molar-refractivity contribution is -0.130. The van der Waals surface area contributed by atoms with Gasteiger partial charge in [-0.1, -0.05) is 12.1 Å². The Bertz CT molecular complexity index is 985. The highest BCUT2D eigenvalue weighted by molar-refractivity contribution is 5.81. The molecular weight excluding hydrogens is 387 g/mol. The molecule has 8 heteroatoms. The Labute approximate surface area is 175 Å². The van der Waals surface area contributed by atoms with Crippen molar-refractivity contribution < 1.29 is 13.9 Å². The number of nitrogens with zero attached hydrogens (tertiary/aromatic N) is 4. The van der Waals surface area contributed by atoms with Crippen LogP contribution in [0.15, 0.2) is 29.1 Å². The minimum atomic E-state index is -0.396. The number of ether oxygens (including phenoxy) is 1. The Kier molecular flexibility index (Phi) is 6.01. The van der Waals surface area contributed by atoms with E-state index < -0.39 is 5.69 Å². The molecule has 7 nitrogen and oxygen atoms in total. The van der Waals surface area contributed by atoms with Crippen LogP contribution in [-0.4, -0.2) is 46.5 Å². The van der Waals surface area contributed by atoms with Crippen molar-refractivity contribution in [3.05, 3.63) is 51.7 Å². The van der Waals surface area contributed by atoms with E-state index in [2.05, 4.69) is 4.98 Å². The first-order valence-electron chi connectivity index (χ1n) is 10.5. The highest BCUT2D eigenvalue weighted by atomic mass is 19.1. The summed E-state index contributed by atoms with van der Waals surface area (Å²) in [6, 6.07) is 6.60. The van der Waals surface area contributed by atoms with Gasteiger partial charge in [0, 0.05) is 32.2 Å². The molecule has 160 valence electrons. The maximum Gasteiger partial charge on any atom is 0.352 e. The molecule has 0 radical (unpaired) electrons. The van der Waals surface area contributed by atoms with Gasteiger partial charge in [0.15, 0.2) is 0 Å². The zero-order valence-corrected chi connectivity index (χ0v) is 17.3. The number of carbonyl (C=O) groups excluding carboxylic acids is 1. The van der Waals surface area contributed by atoms with Crippen LogP contribution in [0.25, 0.3) is 0 Å². The number of halogens is 1. The van der Waals surface area contributed by atoms with Gasteiger partial charge in [-0.2, -0.15) is 4.98 Å². The van der Waals surface area contributed by atoms with E-state index in [9.17, 15) is 14.0 Å². The molecule has 1 aromatic heterocycles. The molecule has 3 heterocycles. The van der Waals surface area contributed by atoms with Crippen molar-refractivity contribution in [3.8, 4) is 5.88 Å². The molecule has 0 unspecified atom stereocenters. The van der Waals surface area contributed by atoms with Crippen LogP contribution in [0.5, 0.6) is 5.88 Å². The summed E-state index contributed by atoms with van der Waals surface area (Å²) in [6.45, 7) is 4.93. The average molecular weight is 414 g/mol. The van der Waals surface area contributed by atoms with Crippen LogP contribution in [0.4, 0.5) is 10.2 Å². The predicted molar refractivity (Wildman–Crippen MR) is 111 cm³/mol. The van der Waals surface area contributed by atoms with E-state index >= 15 is 0 Å². The van der Waals surface area contributed by atoms with Crippen molar-refractivity contribution in [2.24, 2.45) is 0 Å². The molecule has 1 amide bonds. The van der Waals surface area contributed by atoms with Crippen molar-refractivity contribution in [3.63, 3.8) is 0 Å². The first kappa shape index (κ1) is 20.4. The molecule has 2 aliphatic rings. The van der Waals surface area contributed by atoms with Crippen LogP contribution in [0.2, 0.25) is 0 Å². The van der Waals surface area contributed by atoms with Gasteiger partial charge in [-0.05, 0) is 49.8 Å². The third-order valence-corrected chi connectivity index (χ3v) is 5.76. The van der Waals surface area contributed by atoms with E-state index in [0.717, 1.165) is 32.4 Å².